The van der Waals surface area contributed by atoms with Gasteiger partial charge in [-0.25, -0.2) is 0 Å². The van der Waals surface area contributed by atoms with Crippen molar-refractivity contribution in [3.8, 4) is 0 Å². The topological polar surface area (TPSA) is 50.4 Å². The van der Waals surface area contributed by atoms with Crippen LogP contribution in [-0.4, -0.2) is 30.2 Å². The van der Waals surface area contributed by atoms with E-state index in [4.69, 9.17) is 4.74 Å². The quantitative estimate of drug-likeness (QED) is 0.477. The van der Waals surface area contributed by atoms with E-state index in [0.29, 0.717) is 43.2 Å². The van der Waals surface area contributed by atoms with Crippen LogP contribution in [0.2, 0.25) is 0 Å². The predicted octanol–water partition coefficient (Wildman–Crippen LogP) is 5.83. The van der Waals surface area contributed by atoms with Crippen LogP contribution < -0.4 is 10.6 Å². The zero-order valence-electron chi connectivity index (χ0n) is 19.9. The second-order valence-electron chi connectivity index (χ2n) is 10.6. The van der Waals surface area contributed by atoms with Crippen LogP contribution in [0.5, 0.6) is 0 Å². The third-order valence-electron chi connectivity index (χ3n) is 7.97. The van der Waals surface area contributed by atoms with Gasteiger partial charge in [-0.1, -0.05) is 13.8 Å². The van der Waals surface area contributed by atoms with Gasteiger partial charge in [-0.15, -0.1) is 0 Å². The summed E-state index contributed by atoms with van der Waals surface area (Å²) in [5, 5.41) is 6.34. The van der Waals surface area contributed by atoms with Gasteiger partial charge in [0.05, 0.1) is 28.7 Å². The summed E-state index contributed by atoms with van der Waals surface area (Å²) in [5.41, 5.74) is -3.72. The van der Waals surface area contributed by atoms with Crippen LogP contribution in [0.15, 0.2) is 18.2 Å². The molecule has 2 bridgehead atoms. The van der Waals surface area contributed by atoms with Crippen molar-refractivity contribution in [3.05, 3.63) is 34.9 Å². The Bertz CT molecular complexity index is 887. The molecule has 4 rings (SSSR count). The Morgan fingerprint density at radius 1 is 0.971 bits per heavy atom. The molecule has 0 radical (unpaired) electrons. The fourth-order valence-electron chi connectivity index (χ4n) is 6.02. The predicted molar refractivity (Wildman–Crippen MR) is 117 cm³/mol. The molecule has 3 fully saturated rings. The zero-order valence-corrected chi connectivity index (χ0v) is 19.9. The first-order valence-corrected chi connectivity index (χ1v) is 12.2. The molecule has 2 heterocycles. The molecule has 1 aromatic rings. The Morgan fingerprint density at radius 3 is 2.06 bits per heavy atom. The Kier molecular flexibility index (Phi) is 7.18. The van der Waals surface area contributed by atoms with E-state index < -0.39 is 35.4 Å². The first-order valence-electron chi connectivity index (χ1n) is 12.2. The monoisotopic (exact) mass is 506 g/mol. The van der Waals surface area contributed by atoms with Gasteiger partial charge in [-0.2, -0.15) is 26.3 Å². The summed E-state index contributed by atoms with van der Waals surface area (Å²) >= 11 is 0. The number of benzene rings is 1. The number of hydrogen-bond donors (Lipinski definition) is 2. The summed E-state index contributed by atoms with van der Waals surface area (Å²) in [6, 6.07) is 1.89. The molecule has 0 aromatic heterocycles. The number of carbonyl (C=O) groups excluding carboxylic acids is 1. The van der Waals surface area contributed by atoms with E-state index in [1.165, 1.54) is 0 Å². The summed E-state index contributed by atoms with van der Waals surface area (Å²) in [6.07, 6.45) is -3.22. The van der Waals surface area contributed by atoms with E-state index in [1.54, 1.807) is 0 Å². The number of carbonyl (C=O) groups is 1. The molecule has 1 aromatic carbocycles. The molecule has 0 spiro atoms. The van der Waals surface area contributed by atoms with Gasteiger partial charge in [0.1, 0.15) is 0 Å². The average Bonchev–Trinajstić information content (AvgIpc) is 3.34. The summed E-state index contributed by atoms with van der Waals surface area (Å²) in [7, 11) is 0. The van der Waals surface area contributed by atoms with Crippen molar-refractivity contribution in [2.75, 3.05) is 0 Å². The largest absolute Gasteiger partial charge is 0.416 e. The lowest BCUT2D eigenvalue weighted by Gasteiger charge is -2.34. The molecule has 1 aliphatic carbocycles. The minimum absolute atomic E-state index is 0.0348. The molecule has 2 N–H and O–H groups in total. The van der Waals surface area contributed by atoms with Gasteiger partial charge < -0.3 is 15.4 Å². The summed E-state index contributed by atoms with van der Waals surface area (Å²) in [6.45, 7) is 3.47. The first-order chi connectivity index (χ1) is 16.3. The van der Waals surface area contributed by atoms with Crippen LogP contribution in [-0.2, 0) is 28.4 Å². The highest BCUT2D eigenvalue weighted by Crippen LogP contribution is 2.45. The summed E-state index contributed by atoms with van der Waals surface area (Å²) < 4.78 is 84.9. The lowest BCUT2D eigenvalue weighted by Crippen LogP contribution is -2.46. The van der Waals surface area contributed by atoms with Crippen molar-refractivity contribution >= 4 is 5.91 Å². The normalized spacial score (nSPS) is 31.2. The highest BCUT2D eigenvalue weighted by atomic mass is 19.4. The van der Waals surface area contributed by atoms with Gasteiger partial charge in [0, 0.05) is 18.6 Å². The number of halogens is 6. The van der Waals surface area contributed by atoms with E-state index in [1.807, 2.05) is 13.8 Å². The van der Waals surface area contributed by atoms with E-state index in [9.17, 15) is 31.1 Å². The molecular formula is C25H32F6N2O2. The fourth-order valence-corrected chi connectivity index (χ4v) is 6.02. The Hall–Kier alpha value is -1.81. The molecular weight excluding hydrogens is 474 g/mol. The maximum Gasteiger partial charge on any atom is 0.416 e. The van der Waals surface area contributed by atoms with E-state index >= 15 is 0 Å². The number of hydrogen-bond acceptors (Lipinski definition) is 3. The highest BCUT2D eigenvalue weighted by Gasteiger charge is 2.48. The van der Waals surface area contributed by atoms with Gasteiger partial charge in [0.2, 0.25) is 5.91 Å². The molecule has 4 atom stereocenters. The number of nitrogens with one attached hydrogen (secondary N) is 2. The Morgan fingerprint density at radius 2 is 1.54 bits per heavy atom. The van der Waals surface area contributed by atoms with Crippen molar-refractivity contribution < 1.29 is 35.9 Å². The van der Waals surface area contributed by atoms with Gasteiger partial charge >= 0.3 is 12.4 Å². The second kappa shape index (κ2) is 9.57. The molecule has 2 aliphatic heterocycles. The fraction of sp³-hybridized carbons (Fsp3) is 0.720. The van der Waals surface area contributed by atoms with Gasteiger partial charge in [-0.05, 0) is 74.6 Å². The number of fused-ring (bicyclic) bond motifs is 2. The maximum absolute atomic E-state index is 13.3. The number of ether oxygens (including phenoxy) is 1. The third-order valence-corrected chi connectivity index (χ3v) is 7.97. The number of amides is 1. The van der Waals surface area contributed by atoms with Crippen molar-refractivity contribution in [1.29, 1.82) is 0 Å². The minimum atomic E-state index is -4.92. The van der Waals surface area contributed by atoms with Crippen LogP contribution in [0.1, 0.15) is 75.5 Å². The lowest BCUT2D eigenvalue weighted by atomic mass is 9.74. The van der Waals surface area contributed by atoms with E-state index in [2.05, 4.69) is 10.6 Å². The lowest BCUT2D eigenvalue weighted by molar-refractivity contribution is -0.143. The zero-order chi connectivity index (χ0) is 25.6. The maximum atomic E-state index is 13.3. The number of rotatable bonds is 6. The minimum Gasteiger partial charge on any atom is -0.375 e. The van der Waals surface area contributed by atoms with Gasteiger partial charge in [0.15, 0.2) is 0 Å². The SMILES string of the molecule is CC(C)C1(C(=O)NCc2cc(C(F)(F)F)cc(C(F)(F)F)c2)CCC(NC2CC3CCC(C2)O3)C1. The molecule has 1 amide bonds. The highest BCUT2D eigenvalue weighted by molar-refractivity contribution is 5.83. The summed E-state index contributed by atoms with van der Waals surface area (Å²) in [5.74, 6) is -0.359. The molecule has 4 nitrogen and oxygen atoms in total. The Labute approximate surface area is 201 Å². The van der Waals surface area contributed by atoms with E-state index in [0.717, 1.165) is 32.1 Å². The van der Waals surface area contributed by atoms with Gasteiger partial charge in [-0.3, -0.25) is 4.79 Å². The van der Waals surface area contributed by atoms with Crippen LogP contribution in [0.4, 0.5) is 26.3 Å². The molecule has 4 unspecified atom stereocenters. The second-order valence-corrected chi connectivity index (χ2v) is 10.6. The molecule has 10 heteroatoms. The van der Waals surface area contributed by atoms with Crippen molar-refractivity contribution in [2.24, 2.45) is 11.3 Å². The van der Waals surface area contributed by atoms with Crippen molar-refractivity contribution in [1.82, 2.24) is 10.6 Å². The molecule has 3 aliphatic rings. The molecule has 196 valence electrons. The van der Waals surface area contributed by atoms with Gasteiger partial charge in [0.25, 0.3) is 0 Å². The van der Waals surface area contributed by atoms with Crippen LogP contribution in [0, 0.1) is 11.3 Å². The average molecular weight is 507 g/mol. The first kappa shape index (κ1) is 26.3. The molecule has 2 saturated heterocycles. The standard InChI is InChI=1S/C25H32F6N2O2/c1-14(2)23(6-5-18(12-23)33-19-10-20-3-4-21(11-19)35-20)22(34)32-13-15-7-16(24(26,27)28)9-17(8-15)25(29,30)31/h7-9,14,18-21,33H,3-6,10-13H2,1-2H3,(H,32,34). The smallest absolute Gasteiger partial charge is 0.375 e. The van der Waals surface area contributed by atoms with Crippen molar-refractivity contribution in [2.45, 2.75) is 102 Å². The van der Waals surface area contributed by atoms with Crippen molar-refractivity contribution in [3.63, 3.8) is 0 Å². The van der Waals surface area contributed by atoms with Crippen LogP contribution in [0.3, 0.4) is 0 Å². The third kappa shape index (κ3) is 5.79. The number of alkyl halides is 6. The molecule has 35 heavy (non-hydrogen) atoms. The van der Waals surface area contributed by atoms with E-state index in [-0.39, 0.29) is 29.5 Å². The Balaban J connectivity index is 1.43. The van der Waals surface area contributed by atoms with Crippen LogP contribution >= 0.6 is 0 Å². The summed E-state index contributed by atoms with van der Waals surface area (Å²) in [4.78, 5) is 13.3. The van der Waals surface area contributed by atoms with Crippen LogP contribution in [0.25, 0.3) is 0 Å². The molecule has 1 saturated carbocycles.